The molecule has 0 aromatic heterocycles. The Hall–Kier alpha value is 1.40. The van der Waals surface area contributed by atoms with Crippen LogP contribution in [0, 0.1) is 22.7 Å². The van der Waals surface area contributed by atoms with Gasteiger partial charge in [-0.05, 0) is 0 Å². The molecule has 0 unspecified atom stereocenters. The molecule has 42 valence electrons. The molecule has 0 aliphatic carbocycles. The summed E-state index contributed by atoms with van der Waals surface area (Å²) in [7, 11) is 0. The van der Waals surface area contributed by atoms with Gasteiger partial charge in [-0.15, -0.1) is 0 Å². The van der Waals surface area contributed by atoms with Gasteiger partial charge in [-0.2, -0.15) is 0 Å². The van der Waals surface area contributed by atoms with Gasteiger partial charge in [0.1, 0.15) is 0 Å². The van der Waals surface area contributed by atoms with Crippen molar-refractivity contribution in [1.29, 1.82) is 10.5 Å². The Labute approximate surface area is 113 Å². The van der Waals surface area contributed by atoms with Crippen LogP contribution in [0.5, 0.6) is 0 Å². The summed E-state index contributed by atoms with van der Waals surface area (Å²) in [5.41, 5.74) is 0.157. The Bertz CT molecular complexity index is 178. The summed E-state index contributed by atoms with van der Waals surface area (Å²) in [4.78, 5) is 0. The molecule has 0 amide bonds. The summed E-state index contributed by atoms with van der Waals surface area (Å²) in [6.07, 6.45) is 0. The molecule has 0 aromatic rings. The first-order chi connectivity index (χ1) is 3.72. The molecule has 0 rings (SSSR count). The Morgan fingerprint density at radius 2 is 1.44 bits per heavy atom. The normalized spacial score (nSPS) is 5.78. The minimum absolute atomic E-state index is 0. The van der Waals surface area contributed by atoms with E-state index in [1.54, 1.807) is 12.1 Å². The van der Waals surface area contributed by atoms with E-state index >= 15 is 0 Å². The van der Waals surface area contributed by atoms with Crippen molar-refractivity contribution >= 4 is 83.4 Å². The van der Waals surface area contributed by atoms with E-state index in [2.05, 4.69) is 32.0 Å². The van der Waals surface area contributed by atoms with E-state index in [4.69, 9.17) is 10.5 Å². The summed E-state index contributed by atoms with van der Waals surface area (Å²) in [6.45, 7) is 0. The minimum atomic E-state index is 0. The molecule has 0 radical (unpaired) electrons. The second-order valence-corrected chi connectivity index (χ2v) is 4.46. The van der Waals surface area contributed by atoms with Crippen molar-refractivity contribution in [2.75, 3.05) is 0 Å². The average molecular weight is 276 g/mol. The van der Waals surface area contributed by atoms with Crippen LogP contribution >= 0.6 is 0 Å². The van der Waals surface area contributed by atoms with Crippen molar-refractivity contribution in [1.82, 2.24) is 0 Å². The molecule has 0 aliphatic rings. The Morgan fingerprint density at radius 1 is 1.11 bits per heavy atom. The Balaban J connectivity index is 0. The molecule has 0 fully saturated rings. The van der Waals surface area contributed by atoms with Gasteiger partial charge in [0.2, 0.25) is 0 Å². The quantitative estimate of drug-likeness (QED) is 0.395. The van der Waals surface area contributed by atoms with Gasteiger partial charge in [-0.25, -0.2) is 0 Å². The van der Waals surface area contributed by atoms with Gasteiger partial charge < -0.3 is 0 Å². The molecular formula is C4H3KN2Se2. The van der Waals surface area contributed by atoms with Gasteiger partial charge in [0.05, 0.1) is 0 Å². The molecule has 0 N–H and O–H groups in total. The molecule has 0 bridgehead atoms. The predicted molar refractivity (Wildman–Crippen MR) is 39.7 cm³/mol. The Kier molecular flexibility index (Phi) is 10.9. The molecule has 9 heavy (non-hydrogen) atoms. The third-order valence-corrected chi connectivity index (χ3v) is 1.39. The Morgan fingerprint density at radius 3 is 1.44 bits per heavy atom. The van der Waals surface area contributed by atoms with E-state index in [-0.39, 0.29) is 57.0 Å². The van der Waals surface area contributed by atoms with Crippen molar-refractivity contribution in [3.05, 3.63) is 8.94 Å². The fourth-order valence-corrected chi connectivity index (χ4v) is 0.545. The van der Waals surface area contributed by atoms with Crippen LogP contribution in [0.3, 0.4) is 0 Å². The van der Waals surface area contributed by atoms with E-state index in [1.165, 1.54) is 0 Å². The van der Waals surface area contributed by atoms with Crippen molar-refractivity contribution in [3.63, 3.8) is 0 Å². The molecule has 0 aromatic carbocycles. The van der Waals surface area contributed by atoms with Crippen LogP contribution in [0.1, 0.15) is 0 Å². The number of allylic oxidation sites excluding steroid dienone is 1. The zero-order chi connectivity index (χ0) is 6.57. The molecule has 0 saturated carbocycles. The van der Waals surface area contributed by atoms with E-state index in [1.807, 2.05) is 0 Å². The molecule has 0 heterocycles. The summed E-state index contributed by atoms with van der Waals surface area (Å²) in [5.74, 6) is 0. The van der Waals surface area contributed by atoms with Gasteiger partial charge in [-0.3, -0.25) is 0 Å². The SMILES string of the molecule is N#CC(C#N)=C([SeH])[SeH].[KH]. The second kappa shape index (κ2) is 7.50. The van der Waals surface area contributed by atoms with E-state index < -0.39 is 0 Å². The molecule has 0 aliphatic heterocycles. The summed E-state index contributed by atoms with van der Waals surface area (Å²) in [6, 6.07) is 3.48. The number of rotatable bonds is 0. The number of hydrogen-bond acceptors (Lipinski definition) is 2. The monoisotopic (exact) mass is 278 g/mol. The van der Waals surface area contributed by atoms with Crippen molar-refractivity contribution < 1.29 is 0 Å². The van der Waals surface area contributed by atoms with Crippen molar-refractivity contribution in [2.45, 2.75) is 0 Å². The molecule has 0 atom stereocenters. The van der Waals surface area contributed by atoms with Gasteiger partial charge in [-0.1, -0.05) is 0 Å². The molecule has 0 spiro atoms. The van der Waals surface area contributed by atoms with Gasteiger partial charge in [0.15, 0.2) is 0 Å². The maximum absolute atomic E-state index is 8.15. The van der Waals surface area contributed by atoms with Gasteiger partial charge in [0.25, 0.3) is 0 Å². The van der Waals surface area contributed by atoms with Crippen LogP contribution in [-0.2, 0) is 0 Å². The first-order valence-corrected chi connectivity index (χ1v) is 3.52. The number of hydrogen-bond donors (Lipinski definition) is 0. The van der Waals surface area contributed by atoms with Crippen molar-refractivity contribution in [3.8, 4) is 12.1 Å². The summed E-state index contributed by atoms with van der Waals surface area (Å²) in [5, 5.41) is 16.3. The fraction of sp³-hybridized carbons (Fsp3) is 0. The third kappa shape index (κ3) is 5.82. The summed E-state index contributed by atoms with van der Waals surface area (Å²) >= 11 is 4.26. The van der Waals surface area contributed by atoms with Crippen LogP contribution in [0.2, 0.25) is 0 Å². The van der Waals surface area contributed by atoms with Crippen LogP contribution < -0.4 is 0 Å². The zero-order valence-corrected chi connectivity index (χ0v) is 7.54. The first-order valence-electron chi connectivity index (χ1n) is 1.64. The topological polar surface area (TPSA) is 47.6 Å². The van der Waals surface area contributed by atoms with Crippen LogP contribution in [0.4, 0.5) is 0 Å². The van der Waals surface area contributed by atoms with Crippen LogP contribution in [0.15, 0.2) is 8.94 Å². The molecule has 5 heteroatoms. The summed E-state index contributed by atoms with van der Waals surface area (Å²) < 4.78 is 0.648. The zero-order valence-electron chi connectivity index (χ0n) is 3.79. The predicted octanol–water partition coefficient (Wildman–Crippen LogP) is -1.60. The average Bonchev–Trinajstić information content (AvgIpc) is 1.69. The first kappa shape index (κ1) is 13.0. The van der Waals surface area contributed by atoms with Gasteiger partial charge >= 0.3 is 115 Å². The standard InChI is InChI=1S/C4H2N2Se2.K.H/c5-1-3(2-6)4(7)8;;/h7-8H;;. The second-order valence-electron chi connectivity index (χ2n) is 0.922. The molecule has 0 saturated heterocycles. The van der Waals surface area contributed by atoms with Gasteiger partial charge in [0, 0.05) is 0 Å². The maximum atomic E-state index is 8.15. The number of nitriles is 2. The molecule has 2 nitrogen and oxygen atoms in total. The van der Waals surface area contributed by atoms with E-state index in [9.17, 15) is 0 Å². The fourth-order valence-electron chi connectivity index (χ4n) is 0.125. The van der Waals surface area contributed by atoms with E-state index in [0.717, 1.165) is 0 Å². The van der Waals surface area contributed by atoms with Crippen LogP contribution in [-0.4, -0.2) is 83.4 Å². The molecular weight excluding hydrogens is 273 g/mol. The van der Waals surface area contributed by atoms with Crippen molar-refractivity contribution in [2.24, 2.45) is 0 Å². The third-order valence-electron chi connectivity index (χ3n) is 0.447. The van der Waals surface area contributed by atoms with Crippen LogP contribution in [0.25, 0.3) is 0 Å². The number of nitrogens with zero attached hydrogens (tertiary/aromatic N) is 2. The van der Waals surface area contributed by atoms with E-state index in [0.29, 0.717) is 3.37 Å².